The summed E-state index contributed by atoms with van der Waals surface area (Å²) in [5, 5.41) is 12.7. The molecule has 0 unspecified atom stereocenters. The number of aryl methyl sites for hydroxylation is 2. The molecule has 0 amide bonds. The average Bonchev–Trinajstić information content (AvgIpc) is 2.76. The number of carboxylic acid groups (broad SMARTS) is 1. The molecule has 5 nitrogen and oxygen atoms in total. The topological polar surface area (TPSA) is 72.6 Å². The highest BCUT2D eigenvalue weighted by Gasteiger charge is 2.11. The quantitative estimate of drug-likeness (QED) is 0.828. The van der Waals surface area contributed by atoms with Gasteiger partial charge in [0.25, 0.3) is 0 Å². The number of aromatic nitrogens is 1. The molecule has 2 aromatic rings. The van der Waals surface area contributed by atoms with E-state index >= 15 is 0 Å². The Morgan fingerprint density at radius 2 is 2.19 bits per heavy atom. The molecule has 0 fully saturated rings. The minimum absolute atomic E-state index is 0.00266. The second-order valence-electron chi connectivity index (χ2n) is 4.71. The first kappa shape index (κ1) is 15.0. The largest absolute Gasteiger partial charge is 0.490 e. The number of hydrogen-bond donors (Lipinski definition) is 1. The van der Waals surface area contributed by atoms with Gasteiger partial charge in [-0.2, -0.15) is 0 Å². The van der Waals surface area contributed by atoms with Gasteiger partial charge in [0.1, 0.15) is 5.76 Å². The average molecular weight is 293 g/mol. The van der Waals surface area contributed by atoms with Gasteiger partial charge in [0.05, 0.1) is 17.9 Å². The van der Waals surface area contributed by atoms with Gasteiger partial charge < -0.3 is 14.4 Å². The van der Waals surface area contributed by atoms with Crippen molar-refractivity contribution in [2.24, 2.45) is 0 Å². The lowest BCUT2D eigenvalue weighted by atomic mass is 10.1. The molecule has 0 bridgehead atoms. The minimum atomic E-state index is -1.12. The van der Waals surface area contributed by atoms with Crippen LogP contribution in [0, 0.1) is 19.7 Å². The van der Waals surface area contributed by atoms with Crippen molar-refractivity contribution in [2.45, 2.75) is 26.7 Å². The van der Waals surface area contributed by atoms with Crippen LogP contribution in [0.2, 0.25) is 0 Å². The van der Waals surface area contributed by atoms with Crippen molar-refractivity contribution in [3.05, 3.63) is 46.6 Å². The van der Waals surface area contributed by atoms with Gasteiger partial charge in [0.2, 0.25) is 0 Å². The summed E-state index contributed by atoms with van der Waals surface area (Å²) in [7, 11) is 0. The summed E-state index contributed by atoms with van der Waals surface area (Å²) >= 11 is 0. The van der Waals surface area contributed by atoms with Gasteiger partial charge in [-0.25, -0.2) is 9.18 Å². The van der Waals surface area contributed by atoms with Crippen LogP contribution in [-0.4, -0.2) is 22.8 Å². The van der Waals surface area contributed by atoms with E-state index in [1.165, 1.54) is 12.1 Å². The van der Waals surface area contributed by atoms with Gasteiger partial charge in [-0.15, -0.1) is 0 Å². The molecule has 0 aliphatic heterocycles. The fourth-order valence-corrected chi connectivity index (χ4v) is 2.04. The molecule has 0 aliphatic rings. The van der Waals surface area contributed by atoms with Crippen LogP contribution in [0.15, 0.2) is 22.7 Å². The van der Waals surface area contributed by atoms with Crippen LogP contribution in [-0.2, 0) is 6.42 Å². The van der Waals surface area contributed by atoms with Crippen molar-refractivity contribution >= 4 is 5.97 Å². The Morgan fingerprint density at radius 3 is 2.81 bits per heavy atom. The van der Waals surface area contributed by atoms with E-state index in [1.54, 1.807) is 0 Å². The molecule has 112 valence electrons. The predicted octanol–water partition coefficient (Wildman–Crippen LogP) is 3.14. The van der Waals surface area contributed by atoms with E-state index in [-0.39, 0.29) is 17.9 Å². The number of nitrogens with zero attached hydrogens (tertiary/aromatic N) is 1. The first-order valence-corrected chi connectivity index (χ1v) is 6.56. The molecule has 1 aromatic carbocycles. The Hall–Kier alpha value is -2.37. The maximum absolute atomic E-state index is 13.5. The minimum Gasteiger partial charge on any atom is -0.490 e. The lowest BCUT2D eigenvalue weighted by Crippen LogP contribution is -2.04. The summed E-state index contributed by atoms with van der Waals surface area (Å²) in [5.74, 6) is -0.965. The summed E-state index contributed by atoms with van der Waals surface area (Å²) < 4.78 is 23.9. The third-order valence-electron chi connectivity index (χ3n) is 3.19. The van der Waals surface area contributed by atoms with Crippen LogP contribution in [0.3, 0.4) is 0 Å². The maximum atomic E-state index is 13.5. The number of carbonyl (C=O) groups is 1. The van der Waals surface area contributed by atoms with Crippen LogP contribution in [0.1, 0.15) is 33.8 Å². The smallest absolute Gasteiger partial charge is 0.335 e. The zero-order chi connectivity index (χ0) is 15.4. The first-order valence-electron chi connectivity index (χ1n) is 6.56. The van der Waals surface area contributed by atoms with E-state index in [4.69, 9.17) is 14.4 Å². The van der Waals surface area contributed by atoms with E-state index in [1.807, 2.05) is 13.8 Å². The monoisotopic (exact) mass is 293 g/mol. The summed E-state index contributed by atoms with van der Waals surface area (Å²) in [6, 6.07) is 3.48. The van der Waals surface area contributed by atoms with E-state index < -0.39 is 11.8 Å². The van der Waals surface area contributed by atoms with Crippen LogP contribution in [0.5, 0.6) is 5.75 Å². The highest BCUT2D eigenvalue weighted by Crippen LogP contribution is 2.20. The van der Waals surface area contributed by atoms with Crippen LogP contribution in [0.25, 0.3) is 0 Å². The summed E-state index contributed by atoms with van der Waals surface area (Å²) in [4.78, 5) is 10.8. The molecule has 1 aromatic heterocycles. The molecule has 1 heterocycles. The highest BCUT2D eigenvalue weighted by atomic mass is 19.1. The van der Waals surface area contributed by atoms with Gasteiger partial charge in [-0.05, 0) is 44.9 Å². The van der Waals surface area contributed by atoms with Crippen molar-refractivity contribution in [3.63, 3.8) is 0 Å². The molecular formula is C15H16FNO4. The Labute approximate surface area is 121 Å². The Bertz CT molecular complexity index is 632. The predicted molar refractivity (Wildman–Crippen MR) is 73.2 cm³/mol. The number of halogens is 1. The number of rotatable bonds is 6. The second-order valence-corrected chi connectivity index (χ2v) is 4.71. The molecule has 1 N–H and O–H groups in total. The van der Waals surface area contributed by atoms with E-state index in [2.05, 4.69) is 5.16 Å². The molecule has 6 heteroatoms. The van der Waals surface area contributed by atoms with Gasteiger partial charge in [0.15, 0.2) is 11.6 Å². The van der Waals surface area contributed by atoms with Gasteiger partial charge in [-0.3, -0.25) is 0 Å². The fraction of sp³-hybridized carbons (Fsp3) is 0.333. The number of carboxylic acids is 1. The highest BCUT2D eigenvalue weighted by molar-refractivity contribution is 5.88. The Morgan fingerprint density at radius 1 is 1.43 bits per heavy atom. The normalized spacial score (nSPS) is 10.6. The van der Waals surface area contributed by atoms with Crippen molar-refractivity contribution in [1.29, 1.82) is 0 Å². The van der Waals surface area contributed by atoms with Gasteiger partial charge in [-0.1, -0.05) is 5.16 Å². The molecule has 0 atom stereocenters. The number of ether oxygens (including phenoxy) is 1. The van der Waals surface area contributed by atoms with Crippen molar-refractivity contribution in [1.82, 2.24) is 5.16 Å². The molecular weight excluding hydrogens is 277 g/mol. The second kappa shape index (κ2) is 6.39. The zero-order valence-electron chi connectivity index (χ0n) is 11.9. The Balaban J connectivity index is 1.92. The number of hydrogen-bond acceptors (Lipinski definition) is 4. The van der Waals surface area contributed by atoms with Crippen molar-refractivity contribution < 1.29 is 23.6 Å². The number of aromatic carboxylic acids is 1. The van der Waals surface area contributed by atoms with Crippen LogP contribution < -0.4 is 4.74 Å². The third kappa shape index (κ3) is 3.59. The third-order valence-corrected chi connectivity index (χ3v) is 3.19. The van der Waals surface area contributed by atoms with Gasteiger partial charge >= 0.3 is 5.97 Å². The van der Waals surface area contributed by atoms with Crippen LogP contribution in [0.4, 0.5) is 4.39 Å². The standard InChI is InChI=1S/C15H16FNO4/c1-9-12(10(2)21-17-9)4-3-7-20-14-8-11(15(18)19)5-6-13(14)16/h5-6,8H,3-4,7H2,1-2H3,(H,18,19). The summed E-state index contributed by atoms with van der Waals surface area (Å²) in [6.45, 7) is 3.99. The first-order chi connectivity index (χ1) is 9.99. The molecule has 0 aliphatic carbocycles. The Kier molecular flexibility index (Phi) is 4.57. The molecule has 21 heavy (non-hydrogen) atoms. The summed E-state index contributed by atoms with van der Waals surface area (Å²) in [5.41, 5.74) is 1.86. The van der Waals surface area contributed by atoms with E-state index in [0.717, 1.165) is 23.1 Å². The fourth-order valence-electron chi connectivity index (χ4n) is 2.04. The number of benzene rings is 1. The van der Waals surface area contributed by atoms with Gasteiger partial charge in [0, 0.05) is 5.56 Å². The zero-order valence-corrected chi connectivity index (χ0v) is 11.9. The molecule has 0 spiro atoms. The van der Waals surface area contributed by atoms with Crippen LogP contribution >= 0.6 is 0 Å². The van der Waals surface area contributed by atoms with E-state index in [9.17, 15) is 9.18 Å². The van der Waals surface area contributed by atoms with Crippen molar-refractivity contribution in [3.8, 4) is 5.75 Å². The maximum Gasteiger partial charge on any atom is 0.335 e. The lowest BCUT2D eigenvalue weighted by molar-refractivity contribution is 0.0696. The lowest BCUT2D eigenvalue weighted by Gasteiger charge is -2.08. The molecule has 2 rings (SSSR count). The summed E-state index contributed by atoms with van der Waals surface area (Å²) in [6.07, 6.45) is 1.36. The molecule has 0 saturated heterocycles. The van der Waals surface area contributed by atoms with E-state index in [0.29, 0.717) is 12.8 Å². The van der Waals surface area contributed by atoms with Crippen molar-refractivity contribution in [2.75, 3.05) is 6.61 Å². The molecule has 0 saturated carbocycles. The molecule has 0 radical (unpaired) electrons. The SMILES string of the molecule is Cc1noc(C)c1CCCOc1cc(C(=O)O)ccc1F.